The number of carbonyl (C=O) groups excluding carboxylic acids is 8. The van der Waals surface area contributed by atoms with Crippen LogP contribution >= 0.6 is 11.6 Å². The number of halogens is 2. The van der Waals surface area contributed by atoms with Crippen molar-refractivity contribution in [3.63, 3.8) is 0 Å². The fraction of sp³-hybridized carbons (Fsp3) is 0.349. The molecule has 18 nitrogen and oxygen atoms in total. The number of rotatable bonds is 38. The van der Waals surface area contributed by atoms with Crippen LogP contribution in [0.1, 0.15) is 149 Å². The van der Waals surface area contributed by atoms with Crippen molar-refractivity contribution in [3.8, 4) is 11.5 Å². The van der Waals surface area contributed by atoms with Gasteiger partial charge in [0.2, 0.25) is 23.6 Å². The first kappa shape index (κ1) is 86.0. The first-order valence-electron chi connectivity index (χ1n) is 36.3. The maximum Gasteiger partial charge on any atom is 0.223 e. The second-order valence-corrected chi connectivity index (χ2v) is 26.1. The van der Waals surface area contributed by atoms with Crippen molar-refractivity contribution in [2.45, 2.75) is 157 Å². The molecule has 0 aliphatic carbocycles. The van der Waals surface area contributed by atoms with Crippen LogP contribution in [0.5, 0.6) is 11.5 Å². The van der Waals surface area contributed by atoms with E-state index in [4.69, 9.17) is 44.0 Å². The zero-order chi connectivity index (χ0) is 77.2. The molecule has 8 aromatic carbocycles. The first-order valence-corrected chi connectivity index (χ1v) is 36.7. The molecule has 106 heavy (non-hydrogen) atoms. The molecule has 0 saturated carbocycles. The Balaban J connectivity index is 0.000000254. The first-order chi connectivity index (χ1) is 51.0. The van der Waals surface area contributed by atoms with Crippen LogP contribution in [-0.4, -0.2) is 107 Å². The predicted molar refractivity (Wildman–Crippen MR) is 422 cm³/mol. The maximum atomic E-state index is 13.8. The smallest absolute Gasteiger partial charge is 0.223 e. The number of nitrogen functional groups attached to an aromatic ring is 4. The minimum atomic E-state index is -0.321. The number of hydrogen-bond acceptors (Lipinski definition) is 14. The van der Waals surface area contributed by atoms with Gasteiger partial charge in [0, 0.05) is 163 Å². The van der Waals surface area contributed by atoms with Gasteiger partial charge >= 0.3 is 0 Å². The summed E-state index contributed by atoms with van der Waals surface area (Å²) in [5.74, 6) is 1.50. The number of ether oxygens (including phenoxy) is 2. The molecule has 0 bridgehead atoms. The average Bonchev–Trinajstić information content (AvgIpc) is 0.916. The zero-order valence-corrected chi connectivity index (χ0v) is 63.1. The number of hydrogen-bond donors (Lipinski definition) is 4. The molecule has 8 rings (SSSR count). The largest absolute Gasteiger partial charge is 0.497 e. The van der Waals surface area contributed by atoms with E-state index in [2.05, 4.69) is 0 Å². The van der Waals surface area contributed by atoms with Gasteiger partial charge < -0.3 is 52.0 Å². The fourth-order valence-corrected chi connectivity index (χ4v) is 11.3. The summed E-state index contributed by atoms with van der Waals surface area (Å²) in [6.07, 6.45) is 6.35. The standard InChI is InChI=1S/2C22H28N2O3.C21H25ClN2O2.C21H25FN2O2/c1-3-24(16-18-7-13-21(27-2)14-8-18)22(26)15-12-20(25)11-6-17-4-9-19(23)10-5-17;1-3-24(16-18-5-4-6-21(15-18)27-2)22(26)14-13-20(25)12-9-17-7-10-19(23)11-8-17;1-2-24(15-17-4-3-5-18(22)14-17)21(26)13-12-20(25)11-8-16-6-9-19(23)10-7-16;1-2-24(15-17-5-3-4-6-20(17)22)21(26)14-13-19(25)12-9-16-7-10-18(23)11-8-16/h4-5,7-10,13-14H,3,6,11-12,15-16,23H2,1-2H3;4-8,10-11,15H,3,9,12-14,16,23H2,1-2H3;3-7,9-10,14H,2,8,11-13,15,23H2,1H3;3-8,10-11H,2,9,12-15,23H2,1H3. The van der Waals surface area contributed by atoms with Crippen LogP contribution in [0.3, 0.4) is 0 Å². The quantitative estimate of drug-likeness (QED) is 0.0262. The second-order valence-electron chi connectivity index (χ2n) is 25.7. The van der Waals surface area contributed by atoms with E-state index in [-0.39, 0.29) is 110 Å². The van der Waals surface area contributed by atoms with Gasteiger partial charge in [-0.3, -0.25) is 38.4 Å². The molecule has 0 atom stereocenters. The van der Waals surface area contributed by atoms with Gasteiger partial charge in [-0.1, -0.05) is 115 Å². The Bertz CT molecular complexity index is 4030. The van der Waals surface area contributed by atoms with Crippen LogP contribution in [0.15, 0.2) is 194 Å². The summed E-state index contributed by atoms with van der Waals surface area (Å²) in [7, 11) is 3.25. The molecular weight excluding hydrogens is 1360 g/mol. The fourth-order valence-electron chi connectivity index (χ4n) is 11.1. The van der Waals surface area contributed by atoms with Crippen molar-refractivity contribution < 1.29 is 52.2 Å². The third-order valence-corrected chi connectivity index (χ3v) is 18.0. The van der Waals surface area contributed by atoms with E-state index in [1.165, 1.54) is 6.07 Å². The summed E-state index contributed by atoms with van der Waals surface area (Å²) >= 11 is 5.99. The molecule has 8 N–H and O–H groups in total. The highest BCUT2D eigenvalue weighted by atomic mass is 35.5. The normalized spacial score (nSPS) is 10.5. The van der Waals surface area contributed by atoms with E-state index in [0.29, 0.717) is 131 Å². The van der Waals surface area contributed by atoms with Crippen molar-refractivity contribution >= 4 is 81.1 Å². The van der Waals surface area contributed by atoms with Gasteiger partial charge in [0.05, 0.1) is 14.2 Å². The van der Waals surface area contributed by atoms with Crippen LogP contribution < -0.4 is 32.4 Å². The highest BCUT2D eigenvalue weighted by molar-refractivity contribution is 6.30. The number of nitrogens with two attached hydrogens (primary N) is 4. The van der Waals surface area contributed by atoms with E-state index < -0.39 is 0 Å². The van der Waals surface area contributed by atoms with Crippen molar-refractivity contribution in [1.82, 2.24) is 19.6 Å². The number of benzene rings is 8. The molecule has 0 aromatic heterocycles. The number of aryl methyl sites for hydroxylation is 4. The lowest BCUT2D eigenvalue weighted by molar-refractivity contribution is -0.133. The summed E-state index contributed by atoms with van der Waals surface area (Å²) < 4.78 is 24.1. The highest BCUT2D eigenvalue weighted by Crippen LogP contribution is 2.21. The van der Waals surface area contributed by atoms with Crippen molar-refractivity contribution in [2.75, 3.05) is 63.3 Å². The lowest BCUT2D eigenvalue weighted by Gasteiger charge is -2.21. The molecule has 0 unspecified atom stereocenters. The van der Waals surface area contributed by atoms with Crippen LogP contribution in [-0.2, 0) is 90.2 Å². The number of anilines is 4. The Morgan fingerprint density at radius 2 is 0.623 bits per heavy atom. The minimum absolute atomic E-state index is 0.00107. The highest BCUT2D eigenvalue weighted by Gasteiger charge is 2.20. The van der Waals surface area contributed by atoms with Gasteiger partial charge in [-0.25, -0.2) is 4.39 Å². The van der Waals surface area contributed by atoms with E-state index >= 15 is 0 Å². The molecule has 0 radical (unpaired) electrons. The molecule has 0 saturated heterocycles. The Hall–Kier alpha value is -10.7. The molecule has 564 valence electrons. The van der Waals surface area contributed by atoms with E-state index in [1.54, 1.807) is 52.0 Å². The molecule has 20 heteroatoms. The van der Waals surface area contributed by atoms with Crippen LogP contribution in [0.2, 0.25) is 5.02 Å². The van der Waals surface area contributed by atoms with Crippen molar-refractivity contribution in [1.29, 1.82) is 0 Å². The van der Waals surface area contributed by atoms with E-state index in [9.17, 15) is 42.7 Å². The van der Waals surface area contributed by atoms with Gasteiger partial charge in [-0.05, 0) is 183 Å². The van der Waals surface area contributed by atoms with Gasteiger partial charge in [0.15, 0.2) is 0 Å². The van der Waals surface area contributed by atoms with Crippen molar-refractivity contribution in [3.05, 3.63) is 249 Å². The Labute approximate surface area is 630 Å². The maximum absolute atomic E-state index is 13.8. The van der Waals surface area contributed by atoms with Crippen molar-refractivity contribution in [2.24, 2.45) is 0 Å². The summed E-state index contributed by atoms with van der Waals surface area (Å²) in [4.78, 5) is 105. The third kappa shape index (κ3) is 33.4. The molecule has 8 aromatic rings. The summed E-state index contributed by atoms with van der Waals surface area (Å²) in [5, 5.41) is 0.656. The SMILES string of the molecule is CCN(Cc1ccc(OC)cc1)C(=O)CCC(=O)CCc1ccc(N)cc1.CCN(Cc1cccc(Cl)c1)C(=O)CCC(=O)CCc1ccc(N)cc1.CCN(Cc1cccc(OC)c1)C(=O)CCC(=O)CCc1ccc(N)cc1.CCN(Cc1ccccc1F)C(=O)CCC(=O)CCc1ccc(N)cc1. The molecule has 0 aliphatic heterocycles. The molecule has 0 aliphatic rings. The molecule has 0 fully saturated rings. The number of nitrogens with zero attached hydrogens (tertiary/aromatic N) is 4. The molecule has 4 amide bonds. The van der Waals surface area contributed by atoms with Gasteiger partial charge in [0.1, 0.15) is 40.4 Å². The number of ketones is 4. The van der Waals surface area contributed by atoms with Gasteiger partial charge in [-0.2, -0.15) is 0 Å². The zero-order valence-electron chi connectivity index (χ0n) is 62.4. The second kappa shape index (κ2) is 47.6. The topological polar surface area (TPSA) is 272 Å². The number of Topliss-reactive ketones (excluding diaryl/α,β-unsaturated/α-hetero) is 4. The summed E-state index contributed by atoms with van der Waals surface area (Å²) in [5.41, 5.74) is 33.3. The Morgan fingerprint density at radius 3 is 0.943 bits per heavy atom. The third-order valence-electron chi connectivity index (χ3n) is 17.7. The Morgan fingerprint density at radius 1 is 0.321 bits per heavy atom. The predicted octanol–water partition coefficient (Wildman–Crippen LogP) is 15.2. The summed E-state index contributed by atoms with van der Waals surface area (Å²) in [6.45, 7) is 11.8. The minimum Gasteiger partial charge on any atom is -0.497 e. The monoisotopic (exact) mass is 1460 g/mol. The van der Waals surface area contributed by atoms with Gasteiger partial charge in [0.25, 0.3) is 0 Å². The van der Waals surface area contributed by atoms with Crippen LogP contribution in [0.25, 0.3) is 0 Å². The molecular formula is C86H106ClFN8O10. The van der Waals surface area contributed by atoms with E-state index in [0.717, 1.165) is 50.4 Å². The summed E-state index contributed by atoms with van der Waals surface area (Å²) in [6, 6.07) is 59.3. The van der Waals surface area contributed by atoms with E-state index in [1.807, 2.05) is 198 Å². The number of methoxy groups -OCH3 is 2. The number of amides is 4. The number of carbonyl (C=O) groups is 8. The van der Waals surface area contributed by atoms with Crippen LogP contribution in [0, 0.1) is 5.82 Å². The lowest BCUT2D eigenvalue weighted by atomic mass is 10.0. The van der Waals surface area contributed by atoms with Gasteiger partial charge in [-0.15, -0.1) is 0 Å². The van der Waals surface area contributed by atoms with Crippen LogP contribution in [0.4, 0.5) is 27.1 Å². The average molecular weight is 1470 g/mol. The Kier molecular flexibility index (Phi) is 38.7. The molecule has 0 heterocycles. The molecule has 0 spiro atoms. The lowest BCUT2D eigenvalue weighted by Crippen LogP contribution is -2.30.